The van der Waals surface area contributed by atoms with Gasteiger partial charge in [0.05, 0.1) is 4.92 Å². The van der Waals surface area contributed by atoms with E-state index in [0.717, 1.165) is 11.3 Å². The smallest absolute Gasteiger partial charge is 0.313 e. The molecule has 2 aromatic rings. The van der Waals surface area contributed by atoms with Crippen LogP contribution in [-0.4, -0.2) is 15.1 Å². The van der Waals surface area contributed by atoms with E-state index in [0.29, 0.717) is 14.0 Å². The van der Waals surface area contributed by atoms with E-state index in [4.69, 9.17) is 4.74 Å². The average Bonchev–Trinajstić information content (AvgIpc) is 2.67. The van der Waals surface area contributed by atoms with E-state index < -0.39 is 4.92 Å². The molecule has 0 bridgehead atoms. The van der Waals surface area contributed by atoms with Crippen molar-refractivity contribution in [1.29, 1.82) is 0 Å². The zero-order valence-electron chi connectivity index (χ0n) is 8.89. The normalized spacial score (nSPS) is 10.4. The first-order chi connectivity index (χ1) is 8.47. The molecule has 18 heavy (non-hydrogen) atoms. The maximum absolute atomic E-state index is 11.0. The lowest BCUT2D eigenvalue weighted by atomic mass is 10.2. The molecule has 0 atom stereocenters. The van der Waals surface area contributed by atoms with Gasteiger partial charge in [0.2, 0.25) is 5.75 Å². The summed E-state index contributed by atoms with van der Waals surface area (Å²) in [6, 6.07) is 3.12. The molecule has 9 heteroatoms. The van der Waals surface area contributed by atoms with Gasteiger partial charge in [0.15, 0.2) is 3.92 Å². The van der Waals surface area contributed by atoms with Crippen LogP contribution in [0, 0.1) is 17.0 Å². The molecular weight excluding hydrogens is 390 g/mol. The average molecular weight is 395 g/mol. The molecule has 1 aromatic heterocycles. The molecule has 1 aromatic carbocycles. The molecule has 94 valence electrons. The van der Waals surface area contributed by atoms with Gasteiger partial charge in [0, 0.05) is 16.1 Å². The second-order valence-corrected chi connectivity index (χ2v) is 6.38. The molecule has 6 nitrogen and oxygen atoms in total. The number of benzene rings is 1. The third kappa shape index (κ3) is 2.85. The van der Waals surface area contributed by atoms with E-state index in [9.17, 15) is 10.1 Å². The van der Waals surface area contributed by atoms with Crippen LogP contribution >= 0.6 is 43.2 Å². The van der Waals surface area contributed by atoms with E-state index >= 15 is 0 Å². The minimum Gasteiger partial charge on any atom is -0.422 e. The summed E-state index contributed by atoms with van der Waals surface area (Å²) >= 11 is 7.51. The first-order valence-corrected chi connectivity index (χ1v) is 6.99. The van der Waals surface area contributed by atoms with Crippen LogP contribution in [0.2, 0.25) is 0 Å². The Morgan fingerprint density at radius 3 is 2.67 bits per heavy atom. The van der Waals surface area contributed by atoms with Crippen LogP contribution in [0.15, 0.2) is 20.5 Å². The SMILES string of the molecule is Cc1cc(Br)cc([N+](=O)[O-])c1Oc1nnc(Br)s1. The highest BCUT2D eigenvalue weighted by atomic mass is 79.9. The van der Waals surface area contributed by atoms with E-state index in [1.165, 1.54) is 6.07 Å². The quantitative estimate of drug-likeness (QED) is 0.579. The summed E-state index contributed by atoms with van der Waals surface area (Å²) in [5, 5.41) is 18.7. The first-order valence-electron chi connectivity index (χ1n) is 4.59. The van der Waals surface area contributed by atoms with E-state index in [2.05, 4.69) is 42.1 Å². The molecule has 2 rings (SSSR count). The van der Waals surface area contributed by atoms with Crippen LogP contribution < -0.4 is 4.74 Å². The van der Waals surface area contributed by atoms with Crippen LogP contribution in [0.5, 0.6) is 10.9 Å². The second kappa shape index (κ2) is 5.29. The van der Waals surface area contributed by atoms with Gasteiger partial charge in [-0.2, -0.15) is 0 Å². The fourth-order valence-electron chi connectivity index (χ4n) is 1.30. The van der Waals surface area contributed by atoms with Crippen LogP contribution in [0.3, 0.4) is 0 Å². The zero-order chi connectivity index (χ0) is 13.3. The number of nitrogens with zero attached hydrogens (tertiary/aromatic N) is 3. The molecule has 0 radical (unpaired) electrons. The Morgan fingerprint density at radius 1 is 1.39 bits per heavy atom. The Kier molecular flexibility index (Phi) is 3.93. The van der Waals surface area contributed by atoms with Crippen LogP contribution in [-0.2, 0) is 0 Å². The maximum atomic E-state index is 11.0. The van der Waals surface area contributed by atoms with Crippen molar-refractivity contribution >= 4 is 48.9 Å². The summed E-state index contributed by atoms with van der Waals surface area (Å²) < 4.78 is 6.60. The third-order valence-electron chi connectivity index (χ3n) is 1.99. The Morgan fingerprint density at radius 2 is 2.11 bits per heavy atom. The predicted molar refractivity (Wildman–Crippen MR) is 73.2 cm³/mol. The number of rotatable bonds is 3. The van der Waals surface area contributed by atoms with E-state index in [-0.39, 0.29) is 16.6 Å². The van der Waals surface area contributed by atoms with Gasteiger partial charge in [-0.15, -0.1) is 5.10 Å². The zero-order valence-corrected chi connectivity index (χ0v) is 12.9. The van der Waals surface area contributed by atoms with Gasteiger partial charge in [-0.1, -0.05) is 21.0 Å². The molecule has 0 aliphatic carbocycles. The number of aromatic nitrogens is 2. The molecular formula is C9H5Br2N3O3S. The van der Waals surface area contributed by atoms with Gasteiger partial charge in [0.25, 0.3) is 0 Å². The van der Waals surface area contributed by atoms with Crippen molar-refractivity contribution in [2.45, 2.75) is 6.92 Å². The number of hydrogen-bond acceptors (Lipinski definition) is 6. The summed E-state index contributed by atoms with van der Waals surface area (Å²) in [5.41, 5.74) is 0.524. The molecule has 0 spiro atoms. The topological polar surface area (TPSA) is 78.2 Å². The van der Waals surface area contributed by atoms with Crippen molar-refractivity contribution in [3.8, 4) is 10.9 Å². The minimum atomic E-state index is -0.497. The lowest BCUT2D eigenvalue weighted by Crippen LogP contribution is -1.96. The van der Waals surface area contributed by atoms with Crippen molar-refractivity contribution in [3.05, 3.63) is 36.2 Å². The Balaban J connectivity index is 2.46. The molecule has 1 heterocycles. The lowest BCUT2D eigenvalue weighted by molar-refractivity contribution is -0.385. The molecule has 0 saturated carbocycles. The Hall–Kier alpha value is -1.06. The number of aryl methyl sites for hydroxylation is 1. The number of halogens is 2. The number of hydrogen-bond donors (Lipinski definition) is 0. The van der Waals surface area contributed by atoms with Gasteiger partial charge in [-0.25, -0.2) is 0 Å². The summed E-state index contributed by atoms with van der Waals surface area (Å²) in [6.45, 7) is 1.73. The van der Waals surface area contributed by atoms with Crippen molar-refractivity contribution in [2.75, 3.05) is 0 Å². The van der Waals surface area contributed by atoms with Crippen LogP contribution in [0.1, 0.15) is 5.56 Å². The standard InChI is InChI=1S/C9H5Br2N3O3S/c1-4-2-5(10)3-6(14(15)16)7(4)17-9-13-12-8(11)18-9/h2-3H,1H3. The van der Waals surface area contributed by atoms with Gasteiger partial charge in [-0.05, 0) is 40.3 Å². The van der Waals surface area contributed by atoms with Crippen LogP contribution in [0.25, 0.3) is 0 Å². The van der Waals surface area contributed by atoms with Crippen molar-refractivity contribution in [3.63, 3.8) is 0 Å². The van der Waals surface area contributed by atoms with Gasteiger partial charge in [0.1, 0.15) is 0 Å². The molecule has 0 unspecified atom stereocenters. The first kappa shape index (κ1) is 13.4. The fourth-order valence-corrected chi connectivity index (χ4v) is 2.79. The molecule has 0 N–H and O–H groups in total. The summed E-state index contributed by atoms with van der Waals surface area (Å²) in [5.74, 6) is 0.173. The molecule has 0 amide bonds. The lowest BCUT2D eigenvalue weighted by Gasteiger charge is -2.06. The fraction of sp³-hybridized carbons (Fsp3) is 0.111. The number of ether oxygens (including phenoxy) is 1. The highest BCUT2D eigenvalue weighted by molar-refractivity contribution is 9.11. The van der Waals surface area contributed by atoms with Gasteiger partial charge in [-0.3, -0.25) is 10.1 Å². The highest BCUT2D eigenvalue weighted by Gasteiger charge is 2.21. The Bertz CT molecular complexity index is 617. The van der Waals surface area contributed by atoms with Crippen LogP contribution in [0.4, 0.5) is 5.69 Å². The van der Waals surface area contributed by atoms with Gasteiger partial charge < -0.3 is 4.74 Å². The van der Waals surface area contributed by atoms with Crippen molar-refractivity contribution in [2.24, 2.45) is 0 Å². The molecule has 0 fully saturated rings. The summed E-state index contributed by atoms with van der Waals surface area (Å²) in [7, 11) is 0. The van der Waals surface area contributed by atoms with E-state index in [1.807, 2.05) is 0 Å². The second-order valence-electron chi connectivity index (χ2n) is 3.25. The van der Waals surface area contributed by atoms with Crippen molar-refractivity contribution in [1.82, 2.24) is 10.2 Å². The Labute approximate surface area is 122 Å². The number of nitro groups is 1. The van der Waals surface area contributed by atoms with E-state index in [1.54, 1.807) is 13.0 Å². The third-order valence-corrected chi connectivity index (χ3v) is 3.68. The molecule has 0 aliphatic rings. The summed E-state index contributed by atoms with van der Waals surface area (Å²) in [4.78, 5) is 10.5. The number of nitro benzene ring substituents is 1. The maximum Gasteiger partial charge on any atom is 0.313 e. The minimum absolute atomic E-state index is 0.117. The van der Waals surface area contributed by atoms with Crippen molar-refractivity contribution < 1.29 is 9.66 Å². The molecule has 0 aliphatic heterocycles. The largest absolute Gasteiger partial charge is 0.422 e. The van der Waals surface area contributed by atoms with Gasteiger partial charge >= 0.3 is 10.9 Å². The molecule has 0 saturated heterocycles. The summed E-state index contributed by atoms with van der Waals surface area (Å²) in [6.07, 6.45) is 0. The predicted octanol–water partition coefficient (Wildman–Crippen LogP) is 4.07. The monoisotopic (exact) mass is 393 g/mol. The highest BCUT2D eigenvalue weighted by Crippen LogP contribution is 2.38.